The third kappa shape index (κ3) is 2.54. The Morgan fingerprint density at radius 2 is 2.00 bits per heavy atom. The van der Waals surface area contributed by atoms with Gasteiger partial charge in [0.2, 0.25) is 0 Å². The van der Waals surface area contributed by atoms with Crippen LogP contribution in [0.4, 0.5) is 13.2 Å². The van der Waals surface area contributed by atoms with Crippen molar-refractivity contribution in [2.45, 2.75) is 20.0 Å². The number of rotatable bonds is 2. The molecule has 0 spiro atoms. The molecular formula is C14H13F3N2. The minimum atomic E-state index is -4.39. The molecule has 1 N–H and O–H groups in total. The van der Waals surface area contributed by atoms with Gasteiger partial charge in [-0.05, 0) is 19.4 Å². The first-order valence-corrected chi connectivity index (χ1v) is 5.78. The van der Waals surface area contributed by atoms with Crippen LogP contribution in [0.15, 0.2) is 30.6 Å². The molecule has 0 fully saturated rings. The molecule has 19 heavy (non-hydrogen) atoms. The monoisotopic (exact) mass is 266 g/mol. The van der Waals surface area contributed by atoms with Crippen molar-refractivity contribution >= 4 is 17.1 Å². The first-order valence-electron chi connectivity index (χ1n) is 5.78. The molecule has 2 heterocycles. The molecule has 0 aromatic carbocycles. The SMILES string of the molecule is CC=CC=Cc1c[nH]c2ncc(C)c(C(F)(F)F)c12. The van der Waals surface area contributed by atoms with E-state index in [-0.39, 0.29) is 16.6 Å². The average Bonchev–Trinajstić information content (AvgIpc) is 2.71. The van der Waals surface area contributed by atoms with Crippen molar-refractivity contribution < 1.29 is 13.2 Å². The third-order valence-corrected chi connectivity index (χ3v) is 2.78. The van der Waals surface area contributed by atoms with Gasteiger partial charge in [0.15, 0.2) is 0 Å². The van der Waals surface area contributed by atoms with Gasteiger partial charge in [-0.25, -0.2) is 4.98 Å². The summed E-state index contributed by atoms with van der Waals surface area (Å²) >= 11 is 0. The summed E-state index contributed by atoms with van der Waals surface area (Å²) in [5.41, 5.74) is 0.230. The third-order valence-electron chi connectivity index (χ3n) is 2.78. The lowest BCUT2D eigenvalue weighted by Crippen LogP contribution is -2.09. The molecule has 2 rings (SSSR count). The summed E-state index contributed by atoms with van der Waals surface area (Å²) in [5.74, 6) is 0. The molecule has 0 aliphatic carbocycles. The van der Waals surface area contributed by atoms with Crippen LogP contribution in [-0.4, -0.2) is 9.97 Å². The lowest BCUT2D eigenvalue weighted by Gasteiger charge is -2.11. The van der Waals surface area contributed by atoms with E-state index in [2.05, 4.69) is 9.97 Å². The van der Waals surface area contributed by atoms with Gasteiger partial charge in [-0.3, -0.25) is 0 Å². The Morgan fingerprint density at radius 1 is 1.26 bits per heavy atom. The predicted molar refractivity (Wildman–Crippen MR) is 69.7 cm³/mol. The van der Waals surface area contributed by atoms with E-state index in [0.29, 0.717) is 5.56 Å². The van der Waals surface area contributed by atoms with Crippen LogP contribution in [0.3, 0.4) is 0 Å². The molecule has 0 aliphatic heterocycles. The summed E-state index contributed by atoms with van der Waals surface area (Å²) in [6.45, 7) is 3.26. The summed E-state index contributed by atoms with van der Waals surface area (Å²) in [5, 5.41) is 0.119. The molecule has 0 unspecified atom stereocenters. The number of H-pyrrole nitrogens is 1. The van der Waals surface area contributed by atoms with Gasteiger partial charge in [0.1, 0.15) is 5.65 Å². The van der Waals surface area contributed by atoms with Gasteiger partial charge in [-0.15, -0.1) is 0 Å². The van der Waals surface area contributed by atoms with E-state index >= 15 is 0 Å². The first-order chi connectivity index (χ1) is 8.95. The van der Waals surface area contributed by atoms with E-state index in [0.717, 1.165) is 0 Å². The van der Waals surface area contributed by atoms with Crippen molar-refractivity contribution in [2.75, 3.05) is 0 Å². The fraction of sp³-hybridized carbons (Fsp3) is 0.214. The van der Waals surface area contributed by atoms with Gasteiger partial charge in [0, 0.05) is 23.3 Å². The van der Waals surface area contributed by atoms with Crippen LogP contribution < -0.4 is 0 Å². The number of pyridine rings is 1. The summed E-state index contributed by atoms with van der Waals surface area (Å²) in [6.07, 6.45) is 5.28. The molecule has 0 saturated heterocycles. The Kier molecular flexibility index (Phi) is 3.46. The molecule has 0 radical (unpaired) electrons. The molecule has 5 heteroatoms. The molecule has 0 saturated carbocycles. The summed E-state index contributed by atoms with van der Waals surface area (Å²) < 4.78 is 39.4. The molecule has 100 valence electrons. The van der Waals surface area contributed by atoms with Crippen molar-refractivity contribution in [3.8, 4) is 0 Å². The largest absolute Gasteiger partial charge is 0.417 e. The van der Waals surface area contributed by atoms with Crippen LogP contribution in [-0.2, 0) is 6.18 Å². The second-order valence-electron chi connectivity index (χ2n) is 4.17. The van der Waals surface area contributed by atoms with E-state index in [1.165, 1.54) is 19.3 Å². The molecule has 0 amide bonds. The molecular weight excluding hydrogens is 253 g/mol. The lowest BCUT2D eigenvalue weighted by molar-refractivity contribution is -0.136. The van der Waals surface area contributed by atoms with E-state index in [1.54, 1.807) is 24.3 Å². The maximum absolute atomic E-state index is 13.1. The molecule has 2 aromatic heterocycles. The van der Waals surface area contributed by atoms with Crippen molar-refractivity contribution in [3.63, 3.8) is 0 Å². The van der Waals surface area contributed by atoms with Crippen LogP contribution in [0.5, 0.6) is 0 Å². The maximum atomic E-state index is 13.1. The van der Waals surface area contributed by atoms with E-state index in [1.807, 2.05) is 6.92 Å². The summed E-state index contributed by atoms with van der Waals surface area (Å²) in [7, 11) is 0. The van der Waals surface area contributed by atoms with Gasteiger partial charge < -0.3 is 4.98 Å². The number of aryl methyl sites for hydroxylation is 1. The van der Waals surface area contributed by atoms with Gasteiger partial charge in [0.05, 0.1) is 5.56 Å². The number of hydrogen-bond acceptors (Lipinski definition) is 1. The Labute approximate surface area is 108 Å². The van der Waals surface area contributed by atoms with E-state index < -0.39 is 11.7 Å². The first kappa shape index (κ1) is 13.4. The molecule has 0 bridgehead atoms. The zero-order valence-corrected chi connectivity index (χ0v) is 10.5. The maximum Gasteiger partial charge on any atom is 0.417 e. The van der Waals surface area contributed by atoms with Crippen LogP contribution in [0.2, 0.25) is 0 Å². The number of halogens is 3. The Hall–Kier alpha value is -2.04. The zero-order valence-electron chi connectivity index (χ0n) is 10.5. The molecule has 2 aromatic rings. The van der Waals surface area contributed by atoms with Crippen LogP contribution >= 0.6 is 0 Å². The highest BCUT2D eigenvalue weighted by Crippen LogP contribution is 2.38. The van der Waals surface area contributed by atoms with Crippen molar-refractivity contribution in [3.05, 3.63) is 47.3 Å². The Morgan fingerprint density at radius 3 is 2.63 bits per heavy atom. The van der Waals surface area contributed by atoms with Gasteiger partial charge >= 0.3 is 6.18 Å². The average molecular weight is 266 g/mol. The zero-order chi connectivity index (χ0) is 14.0. The number of fused-ring (bicyclic) bond motifs is 1. The number of aromatic amines is 1. The number of hydrogen-bond donors (Lipinski definition) is 1. The lowest BCUT2D eigenvalue weighted by atomic mass is 10.0. The van der Waals surface area contributed by atoms with Crippen molar-refractivity contribution in [1.29, 1.82) is 0 Å². The fourth-order valence-electron chi connectivity index (χ4n) is 1.98. The number of alkyl halides is 3. The summed E-state index contributed by atoms with van der Waals surface area (Å²) in [6, 6.07) is 0. The second-order valence-corrected chi connectivity index (χ2v) is 4.17. The van der Waals surface area contributed by atoms with Gasteiger partial charge in [0.25, 0.3) is 0 Å². The Balaban J connectivity index is 2.72. The van der Waals surface area contributed by atoms with Crippen LogP contribution in [0.1, 0.15) is 23.6 Å². The highest BCUT2D eigenvalue weighted by Gasteiger charge is 2.35. The quantitative estimate of drug-likeness (QED) is 0.798. The second kappa shape index (κ2) is 4.91. The van der Waals surface area contributed by atoms with Crippen LogP contribution in [0.25, 0.3) is 17.1 Å². The van der Waals surface area contributed by atoms with Crippen molar-refractivity contribution in [2.24, 2.45) is 0 Å². The minimum Gasteiger partial charge on any atom is -0.346 e. The summed E-state index contributed by atoms with van der Waals surface area (Å²) in [4.78, 5) is 6.76. The standard InChI is InChI=1S/C14H13F3N2/c1-3-4-5-6-10-8-19-13-11(10)12(14(15,16)17)9(2)7-18-13/h3-8H,1-2H3,(H,18,19). The molecule has 0 atom stereocenters. The predicted octanol–water partition coefficient (Wildman–Crippen LogP) is 4.48. The number of allylic oxidation sites excluding steroid dienone is 3. The Bertz CT molecular complexity index is 648. The van der Waals surface area contributed by atoms with E-state index in [4.69, 9.17) is 0 Å². The minimum absolute atomic E-state index is 0.119. The number of aromatic nitrogens is 2. The fourth-order valence-corrected chi connectivity index (χ4v) is 1.98. The molecule has 0 aliphatic rings. The number of nitrogens with one attached hydrogen (secondary N) is 1. The highest BCUT2D eigenvalue weighted by atomic mass is 19.4. The van der Waals surface area contributed by atoms with Crippen molar-refractivity contribution in [1.82, 2.24) is 9.97 Å². The number of nitrogens with zero attached hydrogens (tertiary/aromatic N) is 1. The van der Waals surface area contributed by atoms with Crippen LogP contribution in [0, 0.1) is 6.92 Å². The highest BCUT2D eigenvalue weighted by molar-refractivity contribution is 5.90. The van der Waals surface area contributed by atoms with E-state index in [9.17, 15) is 13.2 Å². The smallest absolute Gasteiger partial charge is 0.346 e. The topological polar surface area (TPSA) is 28.7 Å². The normalized spacial score (nSPS) is 13.1. The van der Waals surface area contributed by atoms with Gasteiger partial charge in [-0.2, -0.15) is 13.2 Å². The molecule has 2 nitrogen and oxygen atoms in total. The van der Waals surface area contributed by atoms with Gasteiger partial charge in [-0.1, -0.05) is 24.3 Å².